The van der Waals surface area contributed by atoms with Gasteiger partial charge in [0, 0.05) is 20.7 Å². The number of thioether (sulfide) groups is 1. The molecule has 0 radical (unpaired) electrons. The molecule has 2 aromatic carbocycles. The smallest absolute Gasteiger partial charge is 0.0693 e. The lowest BCUT2D eigenvalue weighted by Gasteiger charge is -2.07. The van der Waals surface area contributed by atoms with Gasteiger partial charge in [0.15, 0.2) is 0 Å². The van der Waals surface area contributed by atoms with E-state index in [0.29, 0.717) is 5.02 Å². The van der Waals surface area contributed by atoms with Crippen LogP contribution in [0.15, 0.2) is 47.4 Å². The second-order valence-electron chi connectivity index (χ2n) is 3.83. The zero-order valence-electron chi connectivity index (χ0n) is 9.57. The van der Waals surface area contributed by atoms with Gasteiger partial charge in [-0.3, -0.25) is 0 Å². The zero-order chi connectivity index (χ0) is 13.0. The van der Waals surface area contributed by atoms with Crippen molar-refractivity contribution in [2.45, 2.75) is 17.3 Å². The van der Waals surface area contributed by atoms with E-state index in [1.54, 1.807) is 17.8 Å². The summed E-state index contributed by atoms with van der Waals surface area (Å²) in [4.78, 5) is 1.05. The van der Waals surface area contributed by atoms with E-state index in [9.17, 15) is 5.11 Å². The molecule has 2 aromatic rings. The van der Waals surface area contributed by atoms with Gasteiger partial charge >= 0.3 is 0 Å². The van der Waals surface area contributed by atoms with Gasteiger partial charge in [0.25, 0.3) is 0 Å². The summed E-state index contributed by atoms with van der Waals surface area (Å²) in [5, 5.41) is 10.7. The first-order chi connectivity index (χ1) is 8.69. The van der Waals surface area contributed by atoms with Crippen LogP contribution in [0.1, 0.15) is 11.1 Å². The predicted octanol–water partition coefficient (Wildman–Crippen LogP) is 4.78. The number of halogens is 2. The minimum atomic E-state index is 0.00348. The van der Waals surface area contributed by atoms with Crippen LogP contribution in [0, 0.1) is 0 Å². The number of rotatable bonds is 4. The van der Waals surface area contributed by atoms with Crippen LogP contribution in [0.2, 0.25) is 10.0 Å². The van der Waals surface area contributed by atoms with Gasteiger partial charge in [0.1, 0.15) is 0 Å². The average molecular weight is 299 g/mol. The summed E-state index contributed by atoms with van der Waals surface area (Å²) in [6, 6.07) is 13.3. The van der Waals surface area contributed by atoms with Crippen molar-refractivity contribution in [1.82, 2.24) is 0 Å². The highest BCUT2D eigenvalue weighted by Gasteiger charge is 2.04. The van der Waals surface area contributed by atoms with Gasteiger partial charge in [0.2, 0.25) is 0 Å². The van der Waals surface area contributed by atoms with Gasteiger partial charge in [0.05, 0.1) is 6.61 Å². The third-order valence-electron chi connectivity index (χ3n) is 2.50. The van der Waals surface area contributed by atoms with E-state index >= 15 is 0 Å². The first-order valence-corrected chi connectivity index (χ1v) is 7.20. The van der Waals surface area contributed by atoms with E-state index in [-0.39, 0.29) is 6.61 Å². The molecule has 0 aliphatic heterocycles. The Kier molecular flexibility index (Phi) is 4.95. The number of aliphatic hydroxyl groups excluding tert-OH is 1. The summed E-state index contributed by atoms with van der Waals surface area (Å²) < 4.78 is 0. The highest BCUT2D eigenvalue weighted by Crippen LogP contribution is 2.28. The topological polar surface area (TPSA) is 20.2 Å². The molecule has 0 fully saturated rings. The summed E-state index contributed by atoms with van der Waals surface area (Å²) in [7, 11) is 0. The Morgan fingerprint density at radius 3 is 2.28 bits per heavy atom. The Morgan fingerprint density at radius 2 is 1.61 bits per heavy atom. The van der Waals surface area contributed by atoms with Crippen LogP contribution in [0.5, 0.6) is 0 Å². The first kappa shape index (κ1) is 13.8. The second kappa shape index (κ2) is 6.48. The van der Waals surface area contributed by atoms with Gasteiger partial charge in [-0.2, -0.15) is 0 Å². The molecule has 0 unspecified atom stereocenters. The SMILES string of the molecule is OCc1cc(Cl)ccc1SCc1ccc(Cl)cc1. The molecule has 18 heavy (non-hydrogen) atoms. The largest absolute Gasteiger partial charge is 0.392 e. The van der Waals surface area contributed by atoms with Crippen molar-refractivity contribution in [3.63, 3.8) is 0 Å². The van der Waals surface area contributed by atoms with Gasteiger partial charge in [-0.1, -0.05) is 35.3 Å². The summed E-state index contributed by atoms with van der Waals surface area (Å²) in [6.45, 7) is 0.00348. The molecule has 0 aromatic heterocycles. The lowest BCUT2D eigenvalue weighted by Crippen LogP contribution is -1.88. The quantitative estimate of drug-likeness (QED) is 0.820. The fourth-order valence-corrected chi connectivity index (χ4v) is 2.86. The van der Waals surface area contributed by atoms with Crippen LogP contribution in [-0.2, 0) is 12.4 Å². The normalized spacial score (nSPS) is 10.6. The number of aliphatic hydroxyl groups is 1. The molecular weight excluding hydrogens is 287 g/mol. The maximum atomic E-state index is 9.29. The first-order valence-electron chi connectivity index (χ1n) is 5.45. The molecule has 1 nitrogen and oxygen atoms in total. The standard InChI is InChI=1S/C14H12Cl2OS/c15-12-3-1-10(2-4-12)9-18-14-6-5-13(16)7-11(14)8-17/h1-7,17H,8-9H2. The molecule has 4 heteroatoms. The predicted molar refractivity (Wildman–Crippen MR) is 78.4 cm³/mol. The van der Waals surface area contributed by atoms with E-state index in [2.05, 4.69) is 0 Å². The van der Waals surface area contributed by atoms with Crippen LogP contribution >= 0.6 is 35.0 Å². The highest BCUT2D eigenvalue weighted by molar-refractivity contribution is 7.98. The molecule has 2 rings (SSSR count). The van der Waals surface area contributed by atoms with E-state index in [1.807, 2.05) is 36.4 Å². The van der Waals surface area contributed by atoms with Crippen molar-refractivity contribution in [1.29, 1.82) is 0 Å². The van der Waals surface area contributed by atoms with Gasteiger partial charge in [-0.05, 0) is 41.5 Å². The van der Waals surface area contributed by atoms with Gasteiger partial charge in [-0.15, -0.1) is 11.8 Å². The summed E-state index contributed by atoms with van der Waals surface area (Å²) in [5.74, 6) is 0.839. The summed E-state index contributed by atoms with van der Waals surface area (Å²) in [6.07, 6.45) is 0. The Hall–Kier alpha value is -0.670. The minimum Gasteiger partial charge on any atom is -0.392 e. The van der Waals surface area contributed by atoms with Gasteiger partial charge in [-0.25, -0.2) is 0 Å². The van der Waals surface area contributed by atoms with E-state index in [1.165, 1.54) is 5.56 Å². The molecular formula is C14H12Cl2OS. The summed E-state index contributed by atoms with van der Waals surface area (Å²) >= 11 is 13.4. The Morgan fingerprint density at radius 1 is 0.944 bits per heavy atom. The fraction of sp³-hybridized carbons (Fsp3) is 0.143. The van der Waals surface area contributed by atoms with Crippen LogP contribution in [-0.4, -0.2) is 5.11 Å². The third-order valence-corrected chi connectivity index (χ3v) is 4.17. The lowest BCUT2D eigenvalue weighted by atomic mass is 10.2. The fourth-order valence-electron chi connectivity index (χ4n) is 1.55. The van der Waals surface area contributed by atoms with Crippen molar-refractivity contribution in [2.24, 2.45) is 0 Å². The van der Waals surface area contributed by atoms with Crippen molar-refractivity contribution in [2.75, 3.05) is 0 Å². The van der Waals surface area contributed by atoms with Crippen LogP contribution in [0.4, 0.5) is 0 Å². The zero-order valence-corrected chi connectivity index (χ0v) is 11.9. The van der Waals surface area contributed by atoms with E-state index < -0.39 is 0 Å². The lowest BCUT2D eigenvalue weighted by molar-refractivity contribution is 0.279. The molecule has 0 aliphatic rings. The number of hydrogen-bond donors (Lipinski definition) is 1. The minimum absolute atomic E-state index is 0.00348. The summed E-state index contributed by atoms with van der Waals surface area (Å²) in [5.41, 5.74) is 2.06. The van der Waals surface area contributed by atoms with Crippen molar-refractivity contribution in [3.05, 3.63) is 63.6 Å². The van der Waals surface area contributed by atoms with Crippen LogP contribution in [0.3, 0.4) is 0 Å². The number of hydrogen-bond acceptors (Lipinski definition) is 2. The molecule has 0 spiro atoms. The molecule has 0 saturated heterocycles. The molecule has 0 saturated carbocycles. The van der Waals surface area contributed by atoms with Crippen LogP contribution in [0.25, 0.3) is 0 Å². The Balaban J connectivity index is 2.08. The van der Waals surface area contributed by atoms with Crippen molar-refractivity contribution >= 4 is 35.0 Å². The van der Waals surface area contributed by atoms with Crippen LogP contribution < -0.4 is 0 Å². The second-order valence-corrected chi connectivity index (χ2v) is 5.72. The maximum Gasteiger partial charge on any atom is 0.0693 e. The molecule has 0 amide bonds. The van der Waals surface area contributed by atoms with E-state index in [0.717, 1.165) is 21.2 Å². The molecule has 0 heterocycles. The Labute approximate surface area is 121 Å². The maximum absolute atomic E-state index is 9.29. The number of benzene rings is 2. The molecule has 1 N–H and O–H groups in total. The molecule has 0 aliphatic carbocycles. The Bertz CT molecular complexity index is 526. The van der Waals surface area contributed by atoms with Crippen molar-refractivity contribution < 1.29 is 5.11 Å². The molecule has 0 bridgehead atoms. The van der Waals surface area contributed by atoms with E-state index in [4.69, 9.17) is 23.2 Å². The monoisotopic (exact) mass is 298 g/mol. The van der Waals surface area contributed by atoms with Gasteiger partial charge < -0.3 is 5.11 Å². The third kappa shape index (κ3) is 3.66. The molecule has 94 valence electrons. The highest BCUT2D eigenvalue weighted by atomic mass is 35.5. The molecule has 0 atom stereocenters. The average Bonchev–Trinajstić information content (AvgIpc) is 2.39. The van der Waals surface area contributed by atoms with Crippen molar-refractivity contribution in [3.8, 4) is 0 Å².